The van der Waals surface area contributed by atoms with Crippen LogP contribution in [0.4, 0.5) is 10.1 Å². The molecule has 1 aliphatic carbocycles. The smallest absolute Gasteiger partial charge is 0.253 e. The Bertz CT molecular complexity index is 521. The average molecular weight is 262 g/mol. The van der Waals surface area contributed by atoms with Crippen molar-refractivity contribution in [3.05, 3.63) is 30.1 Å². The summed E-state index contributed by atoms with van der Waals surface area (Å²) in [5.74, 6) is -0.574. The summed E-state index contributed by atoms with van der Waals surface area (Å²) in [6.45, 7) is 0.00617. The van der Waals surface area contributed by atoms with Crippen LogP contribution in [0, 0.1) is 5.82 Å². The van der Waals surface area contributed by atoms with Gasteiger partial charge < -0.3 is 10.2 Å². The number of carbonyl (C=O) groups is 2. The lowest BCUT2D eigenvalue weighted by atomic mass is 9.92. The van der Waals surface area contributed by atoms with Crippen LogP contribution >= 0.6 is 0 Å². The van der Waals surface area contributed by atoms with E-state index in [1.54, 1.807) is 0 Å². The van der Waals surface area contributed by atoms with Crippen LogP contribution in [0.3, 0.4) is 0 Å². The van der Waals surface area contributed by atoms with Gasteiger partial charge in [0.15, 0.2) is 0 Å². The van der Waals surface area contributed by atoms with Crippen molar-refractivity contribution < 1.29 is 14.0 Å². The number of anilines is 1. The fourth-order valence-electron chi connectivity index (χ4n) is 2.98. The second-order valence-corrected chi connectivity index (χ2v) is 5.21. The number of nitrogens with zero attached hydrogens (tertiary/aromatic N) is 1. The van der Waals surface area contributed by atoms with Crippen LogP contribution in [0.25, 0.3) is 0 Å². The number of piperazine rings is 1. The SMILES string of the molecule is O=C1CN(c2ccc(F)cc2)C(=O)C2(CCCC2)N1. The number of halogens is 1. The minimum Gasteiger partial charge on any atom is -0.340 e. The van der Waals surface area contributed by atoms with E-state index in [0.717, 1.165) is 12.8 Å². The molecule has 3 rings (SSSR count). The van der Waals surface area contributed by atoms with Crippen LogP contribution in [0.5, 0.6) is 0 Å². The summed E-state index contributed by atoms with van der Waals surface area (Å²) in [5.41, 5.74) is -0.156. The number of hydrogen-bond acceptors (Lipinski definition) is 2. The summed E-state index contributed by atoms with van der Waals surface area (Å²) in [6, 6.07) is 5.68. The Morgan fingerprint density at radius 2 is 1.74 bits per heavy atom. The van der Waals surface area contributed by atoms with E-state index in [2.05, 4.69) is 5.32 Å². The average Bonchev–Trinajstić information content (AvgIpc) is 2.84. The fraction of sp³-hybridized carbons (Fsp3) is 0.429. The van der Waals surface area contributed by atoms with Crippen LogP contribution < -0.4 is 10.2 Å². The summed E-state index contributed by atoms with van der Waals surface area (Å²) in [7, 11) is 0. The number of amides is 2. The molecule has 0 radical (unpaired) electrons. The van der Waals surface area contributed by atoms with Gasteiger partial charge in [-0.2, -0.15) is 0 Å². The molecule has 1 heterocycles. The summed E-state index contributed by atoms with van der Waals surface area (Å²) < 4.78 is 12.9. The first kappa shape index (κ1) is 12.1. The topological polar surface area (TPSA) is 49.4 Å². The predicted octanol–water partition coefficient (Wildman–Crippen LogP) is 1.60. The Balaban J connectivity index is 1.94. The third kappa shape index (κ3) is 1.99. The van der Waals surface area contributed by atoms with Crippen molar-refractivity contribution in [1.29, 1.82) is 0 Å². The van der Waals surface area contributed by atoms with E-state index < -0.39 is 5.54 Å². The molecule has 1 aromatic carbocycles. The van der Waals surface area contributed by atoms with Crippen LogP contribution in [0.1, 0.15) is 25.7 Å². The molecule has 1 saturated heterocycles. The summed E-state index contributed by atoms with van der Waals surface area (Å²) >= 11 is 0. The molecule has 0 bridgehead atoms. The Hall–Kier alpha value is -1.91. The molecule has 2 fully saturated rings. The Morgan fingerprint density at radius 1 is 1.11 bits per heavy atom. The molecular weight excluding hydrogens is 247 g/mol. The largest absolute Gasteiger partial charge is 0.340 e. The van der Waals surface area contributed by atoms with Crippen molar-refractivity contribution in [3.8, 4) is 0 Å². The van der Waals surface area contributed by atoms with E-state index in [1.807, 2.05) is 0 Å². The van der Waals surface area contributed by atoms with Gasteiger partial charge in [-0.1, -0.05) is 12.8 Å². The summed E-state index contributed by atoms with van der Waals surface area (Å²) in [6.07, 6.45) is 3.27. The van der Waals surface area contributed by atoms with Crippen molar-refractivity contribution in [3.63, 3.8) is 0 Å². The number of nitrogens with one attached hydrogen (secondary N) is 1. The van der Waals surface area contributed by atoms with E-state index in [0.29, 0.717) is 18.5 Å². The van der Waals surface area contributed by atoms with Gasteiger partial charge in [0.05, 0.1) is 0 Å². The maximum atomic E-state index is 12.9. The van der Waals surface area contributed by atoms with Crippen LogP contribution in [0.2, 0.25) is 0 Å². The Morgan fingerprint density at radius 3 is 2.37 bits per heavy atom. The highest BCUT2D eigenvalue weighted by atomic mass is 19.1. The second-order valence-electron chi connectivity index (χ2n) is 5.21. The summed E-state index contributed by atoms with van der Waals surface area (Å²) in [4.78, 5) is 25.9. The van der Waals surface area contributed by atoms with Crippen molar-refractivity contribution in [2.24, 2.45) is 0 Å². The van der Waals surface area contributed by atoms with E-state index in [9.17, 15) is 14.0 Å². The van der Waals surface area contributed by atoms with E-state index >= 15 is 0 Å². The molecule has 1 N–H and O–H groups in total. The molecule has 4 nitrogen and oxygen atoms in total. The van der Waals surface area contributed by atoms with Crippen LogP contribution in [-0.4, -0.2) is 23.9 Å². The molecule has 1 aromatic rings. The normalized spacial score (nSPS) is 21.8. The monoisotopic (exact) mass is 262 g/mol. The zero-order valence-corrected chi connectivity index (χ0v) is 10.5. The lowest BCUT2D eigenvalue weighted by molar-refractivity contribution is -0.135. The molecule has 1 aliphatic heterocycles. The van der Waals surface area contributed by atoms with Crippen molar-refractivity contribution >= 4 is 17.5 Å². The highest BCUT2D eigenvalue weighted by Gasteiger charge is 2.48. The van der Waals surface area contributed by atoms with Gasteiger partial charge in [0.2, 0.25) is 5.91 Å². The van der Waals surface area contributed by atoms with Gasteiger partial charge >= 0.3 is 0 Å². The fourth-order valence-corrected chi connectivity index (χ4v) is 2.98. The molecule has 0 atom stereocenters. The molecule has 2 amide bonds. The lowest BCUT2D eigenvalue weighted by Gasteiger charge is -2.39. The van der Waals surface area contributed by atoms with E-state index in [1.165, 1.54) is 29.2 Å². The number of carbonyl (C=O) groups excluding carboxylic acids is 2. The van der Waals surface area contributed by atoms with Gasteiger partial charge in [-0.15, -0.1) is 0 Å². The third-order valence-electron chi connectivity index (χ3n) is 3.93. The number of benzene rings is 1. The van der Waals surface area contributed by atoms with Gasteiger partial charge in [0, 0.05) is 5.69 Å². The minimum absolute atomic E-state index is 0.00617. The standard InChI is InChI=1S/C14H15FN2O2/c15-10-3-5-11(6-4-10)17-9-12(18)16-14(13(17)19)7-1-2-8-14/h3-6H,1-2,7-9H2,(H,16,18). The quantitative estimate of drug-likeness (QED) is 0.835. The van der Waals surface area contributed by atoms with Gasteiger partial charge in [-0.05, 0) is 37.1 Å². The zero-order valence-electron chi connectivity index (χ0n) is 10.5. The molecule has 1 spiro atoms. The van der Waals surface area contributed by atoms with Gasteiger partial charge in [0.25, 0.3) is 5.91 Å². The third-order valence-corrected chi connectivity index (χ3v) is 3.93. The number of hydrogen-bond donors (Lipinski definition) is 1. The maximum absolute atomic E-state index is 12.9. The summed E-state index contributed by atoms with van der Waals surface area (Å²) in [5, 5.41) is 2.85. The number of rotatable bonds is 1. The van der Waals surface area contributed by atoms with Crippen molar-refractivity contribution in [1.82, 2.24) is 5.32 Å². The lowest BCUT2D eigenvalue weighted by Crippen LogP contribution is -2.65. The first-order valence-electron chi connectivity index (χ1n) is 6.49. The Kier molecular flexibility index (Phi) is 2.77. The van der Waals surface area contributed by atoms with Crippen molar-refractivity contribution in [2.75, 3.05) is 11.4 Å². The van der Waals surface area contributed by atoms with Gasteiger partial charge in [-0.3, -0.25) is 9.59 Å². The Labute approximate surface area is 110 Å². The highest BCUT2D eigenvalue weighted by Crippen LogP contribution is 2.34. The first-order chi connectivity index (χ1) is 9.11. The molecule has 19 heavy (non-hydrogen) atoms. The molecule has 0 unspecified atom stereocenters. The minimum atomic E-state index is -0.732. The molecule has 100 valence electrons. The molecule has 0 aromatic heterocycles. The van der Waals surface area contributed by atoms with Crippen LogP contribution in [0.15, 0.2) is 24.3 Å². The predicted molar refractivity (Wildman–Crippen MR) is 68.1 cm³/mol. The van der Waals surface area contributed by atoms with Gasteiger partial charge in [-0.25, -0.2) is 4.39 Å². The van der Waals surface area contributed by atoms with Gasteiger partial charge in [0.1, 0.15) is 17.9 Å². The van der Waals surface area contributed by atoms with E-state index in [-0.39, 0.29) is 24.2 Å². The molecule has 2 aliphatic rings. The maximum Gasteiger partial charge on any atom is 0.253 e. The van der Waals surface area contributed by atoms with E-state index in [4.69, 9.17) is 0 Å². The molecule has 1 saturated carbocycles. The van der Waals surface area contributed by atoms with Crippen molar-refractivity contribution in [2.45, 2.75) is 31.2 Å². The first-order valence-corrected chi connectivity index (χ1v) is 6.49. The second kappa shape index (κ2) is 4.33. The highest BCUT2D eigenvalue weighted by molar-refractivity contribution is 6.09. The van der Waals surface area contributed by atoms with Crippen LogP contribution in [-0.2, 0) is 9.59 Å². The molecule has 5 heteroatoms. The zero-order chi connectivity index (χ0) is 13.5. The molecular formula is C14H15FN2O2.